The van der Waals surface area contributed by atoms with Crippen LogP contribution in [-0.4, -0.2) is 25.0 Å². The molecule has 2 unspecified atom stereocenters. The van der Waals surface area contributed by atoms with Crippen molar-refractivity contribution in [2.24, 2.45) is 5.92 Å². The van der Waals surface area contributed by atoms with Crippen molar-refractivity contribution < 1.29 is 9.53 Å². The zero-order chi connectivity index (χ0) is 14.8. The molecule has 1 N–H and O–H groups in total. The molecular weight excluding hydrogens is 264 g/mol. The number of ether oxygens (including phenoxy) is 1. The Kier molecular flexibility index (Phi) is 3.94. The molecule has 2 saturated heterocycles. The Bertz CT molecular complexity index is 579. The molecule has 2 aliphatic heterocycles. The Balaban J connectivity index is 1.86. The quantitative estimate of drug-likeness (QED) is 0.867. The second kappa shape index (κ2) is 5.87. The van der Waals surface area contributed by atoms with Gasteiger partial charge in [0.25, 0.3) is 0 Å². The lowest BCUT2D eigenvalue weighted by atomic mass is 9.77. The Labute approximate surface area is 125 Å². The van der Waals surface area contributed by atoms with Crippen LogP contribution in [0.1, 0.15) is 48.0 Å². The molecule has 4 nitrogen and oxygen atoms in total. The van der Waals surface area contributed by atoms with Crippen LogP contribution in [0, 0.1) is 17.2 Å². The highest BCUT2D eigenvalue weighted by molar-refractivity contribution is 6.00. The highest BCUT2D eigenvalue weighted by Crippen LogP contribution is 2.33. The average Bonchev–Trinajstić information content (AvgIpc) is 2.53. The van der Waals surface area contributed by atoms with E-state index in [0.29, 0.717) is 29.0 Å². The molecule has 2 fully saturated rings. The largest absolute Gasteiger partial charge is 0.496 e. The number of nitriles is 1. The first-order valence-corrected chi connectivity index (χ1v) is 7.59. The number of fused-ring (bicyclic) bond motifs is 2. The van der Waals surface area contributed by atoms with Crippen molar-refractivity contribution in [2.45, 2.75) is 44.2 Å². The average molecular weight is 284 g/mol. The van der Waals surface area contributed by atoms with Gasteiger partial charge in [0.05, 0.1) is 24.3 Å². The fourth-order valence-corrected chi connectivity index (χ4v) is 3.67. The van der Waals surface area contributed by atoms with Crippen molar-refractivity contribution in [1.82, 2.24) is 5.32 Å². The number of nitrogens with zero attached hydrogens (tertiary/aromatic N) is 1. The number of benzene rings is 1. The first-order chi connectivity index (χ1) is 10.2. The molecule has 3 rings (SSSR count). The summed E-state index contributed by atoms with van der Waals surface area (Å²) in [7, 11) is 1.56. The second-order valence-corrected chi connectivity index (χ2v) is 6.05. The molecule has 0 amide bonds. The molecule has 1 aromatic carbocycles. The zero-order valence-corrected chi connectivity index (χ0v) is 12.3. The van der Waals surface area contributed by atoms with Gasteiger partial charge in [-0.1, -0.05) is 6.42 Å². The molecule has 0 saturated carbocycles. The van der Waals surface area contributed by atoms with Crippen LogP contribution in [0.3, 0.4) is 0 Å². The third-order valence-electron chi connectivity index (χ3n) is 4.68. The number of methoxy groups -OCH3 is 1. The van der Waals surface area contributed by atoms with Gasteiger partial charge in [-0.15, -0.1) is 0 Å². The smallest absolute Gasteiger partial charge is 0.169 e. The maximum atomic E-state index is 12.9. The maximum Gasteiger partial charge on any atom is 0.169 e. The molecule has 0 aromatic heterocycles. The standard InChI is InChI=1S/C17H20N2O2/c1-21-16-6-5-11(10-18)7-15(16)17(20)12-8-13-3-2-4-14(9-12)19-13/h5-7,12-14,19H,2-4,8-9H2,1H3. The predicted molar refractivity (Wildman–Crippen MR) is 79.3 cm³/mol. The fourth-order valence-electron chi connectivity index (χ4n) is 3.67. The molecule has 2 atom stereocenters. The van der Waals surface area contributed by atoms with Crippen LogP contribution >= 0.6 is 0 Å². The molecule has 21 heavy (non-hydrogen) atoms. The number of hydrogen-bond donors (Lipinski definition) is 1. The van der Waals surface area contributed by atoms with Crippen molar-refractivity contribution in [3.63, 3.8) is 0 Å². The SMILES string of the molecule is COc1ccc(C#N)cc1C(=O)C1CC2CCCC(C1)N2. The molecule has 1 aromatic rings. The minimum absolute atomic E-state index is 0.0457. The van der Waals surface area contributed by atoms with Gasteiger partial charge in [0.1, 0.15) is 5.75 Å². The monoisotopic (exact) mass is 284 g/mol. The molecule has 4 heteroatoms. The van der Waals surface area contributed by atoms with Gasteiger partial charge >= 0.3 is 0 Å². The molecule has 2 heterocycles. The summed E-state index contributed by atoms with van der Waals surface area (Å²) in [5, 5.41) is 12.6. The van der Waals surface area contributed by atoms with E-state index in [9.17, 15) is 4.79 Å². The zero-order valence-electron chi connectivity index (χ0n) is 12.3. The van der Waals surface area contributed by atoms with Gasteiger partial charge < -0.3 is 10.1 Å². The normalized spacial score (nSPS) is 27.7. The van der Waals surface area contributed by atoms with Crippen molar-refractivity contribution in [2.75, 3.05) is 7.11 Å². The number of nitrogens with one attached hydrogen (secondary N) is 1. The van der Waals surface area contributed by atoms with Gasteiger partial charge in [0.15, 0.2) is 5.78 Å². The lowest BCUT2D eigenvalue weighted by Crippen LogP contribution is -2.50. The molecule has 110 valence electrons. The van der Waals surface area contributed by atoms with Crippen LogP contribution in [-0.2, 0) is 0 Å². The van der Waals surface area contributed by atoms with Gasteiger partial charge in [-0.05, 0) is 43.9 Å². The van der Waals surface area contributed by atoms with Gasteiger partial charge in [-0.25, -0.2) is 0 Å². The van der Waals surface area contributed by atoms with Gasteiger partial charge in [-0.2, -0.15) is 5.26 Å². The summed E-state index contributed by atoms with van der Waals surface area (Å²) in [5.41, 5.74) is 1.06. The summed E-state index contributed by atoms with van der Waals surface area (Å²) < 4.78 is 5.30. The number of carbonyl (C=O) groups excluding carboxylic acids is 1. The highest BCUT2D eigenvalue weighted by atomic mass is 16.5. The topological polar surface area (TPSA) is 62.1 Å². The number of hydrogen-bond acceptors (Lipinski definition) is 4. The number of carbonyl (C=O) groups is 1. The van der Waals surface area contributed by atoms with E-state index in [4.69, 9.17) is 10.00 Å². The van der Waals surface area contributed by atoms with Gasteiger partial charge in [0, 0.05) is 18.0 Å². The summed E-state index contributed by atoms with van der Waals surface area (Å²) in [5.74, 6) is 0.745. The van der Waals surface area contributed by atoms with E-state index in [1.807, 2.05) is 0 Å². The molecule has 0 spiro atoms. The summed E-state index contributed by atoms with van der Waals surface area (Å²) in [6, 6.07) is 8.10. The van der Waals surface area contributed by atoms with E-state index in [1.54, 1.807) is 25.3 Å². The van der Waals surface area contributed by atoms with E-state index < -0.39 is 0 Å². The number of rotatable bonds is 3. The Morgan fingerprint density at radius 2 is 2.05 bits per heavy atom. The second-order valence-electron chi connectivity index (χ2n) is 6.05. The highest BCUT2D eigenvalue weighted by Gasteiger charge is 2.35. The third kappa shape index (κ3) is 2.79. The molecule has 2 aliphatic rings. The van der Waals surface area contributed by atoms with Crippen LogP contribution in [0.25, 0.3) is 0 Å². The van der Waals surface area contributed by atoms with E-state index in [0.717, 1.165) is 25.7 Å². The summed E-state index contributed by atoms with van der Waals surface area (Å²) in [6.07, 6.45) is 5.38. The van der Waals surface area contributed by atoms with E-state index in [-0.39, 0.29) is 11.7 Å². The van der Waals surface area contributed by atoms with E-state index in [2.05, 4.69) is 11.4 Å². The van der Waals surface area contributed by atoms with E-state index >= 15 is 0 Å². The van der Waals surface area contributed by atoms with Crippen LogP contribution in [0.2, 0.25) is 0 Å². The summed E-state index contributed by atoms with van der Waals surface area (Å²) in [4.78, 5) is 12.9. The van der Waals surface area contributed by atoms with Crippen LogP contribution in [0.5, 0.6) is 5.75 Å². The first kappa shape index (κ1) is 14.1. The van der Waals surface area contributed by atoms with Crippen molar-refractivity contribution >= 4 is 5.78 Å². The van der Waals surface area contributed by atoms with Crippen molar-refractivity contribution in [3.8, 4) is 11.8 Å². The first-order valence-electron chi connectivity index (χ1n) is 7.59. The fraction of sp³-hybridized carbons (Fsp3) is 0.529. The predicted octanol–water partition coefficient (Wildman–Crippen LogP) is 2.67. The summed E-state index contributed by atoms with van der Waals surface area (Å²) >= 11 is 0. The molecule has 0 aliphatic carbocycles. The Hall–Kier alpha value is -1.86. The Morgan fingerprint density at radius 3 is 2.67 bits per heavy atom. The van der Waals surface area contributed by atoms with Crippen LogP contribution < -0.4 is 10.1 Å². The number of Topliss-reactive ketones (excluding diaryl/α,β-unsaturated/α-hetero) is 1. The summed E-state index contributed by atoms with van der Waals surface area (Å²) in [6.45, 7) is 0. The lowest BCUT2D eigenvalue weighted by molar-refractivity contribution is 0.0822. The maximum absolute atomic E-state index is 12.9. The van der Waals surface area contributed by atoms with Crippen molar-refractivity contribution in [3.05, 3.63) is 29.3 Å². The van der Waals surface area contributed by atoms with Crippen LogP contribution in [0.15, 0.2) is 18.2 Å². The molecular formula is C17H20N2O2. The molecule has 0 radical (unpaired) electrons. The van der Waals surface area contributed by atoms with Gasteiger partial charge in [0.2, 0.25) is 0 Å². The van der Waals surface area contributed by atoms with Crippen molar-refractivity contribution in [1.29, 1.82) is 5.26 Å². The van der Waals surface area contributed by atoms with Crippen LogP contribution in [0.4, 0.5) is 0 Å². The lowest BCUT2D eigenvalue weighted by Gasteiger charge is -2.39. The molecule has 2 bridgehead atoms. The van der Waals surface area contributed by atoms with Gasteiger partial charge in [-0.3, -0.25) is 4.79 Å². The number of piperidine rings is 2. The minimum Gasteiger partial charge on any atom is -0.496 e. The minimum atomic E-state index is 0.0457. The third-order valence-corrected chi connectivity index (χ3v) is 4.68. The number of ketones is 1. The Morgan fingerprint density at radius 1 is 1.33 bits per heavy atom. The van der Waals surface area contributed by atoms with E-state index in [1.165, 1.54) is 6.42 Å².